The lowest BCUT2D eigenvalue weighted by Crippen LogP contribution is -2.29. The van der Waals surface area contributed by atoms with E-state index in [0.717, 1.165) is 57.3 Å². The van der Waals surface area contributed by atoms with Crippen LogP contribution in [-0.2, 0) is 0 Å². The van der Waals surface area contributed by atoms with Gasteiger partial charge in [-0.15, -0.1) is 0 Å². The van der Waals surface area contributed by atoms with Gasteiger partial charge in [0.1, 0.15) is 11.5 Å². The summed E-state index contributed by atoms with van der Waals surface area (Å²) in [6.07, 6.45) is 13.1. The second-order valence-corrected chi connectivity index (χ2v) is 13.8. The number of carbonyl (C=O) groups is 1. The molecule has 0 radical (unpaired) electrons. The van der Waals surface area contributed by atoms with Crippen molar-refractivity contribution in [1.82, 2.24) is 15.0 Å². The van der Waals surface area contributed by atoms with Crippen molar-refractivity contribution in [2.75, 3.05) is 5.32 Å². The van der Waals surface area contributed by atoms with Crippen LogP contribution in [0, 0.1) is 18.8 Å². The number of benzene rings is 3. The van der Waals surface area contributed by atoms with E-state index < -0.39 is 0 Å². The molecule has 2 aliphatic heterocycles. The number of hydrogen-bond donors (Lipinski definition) is 2. The smallest absolute Gasteiger partial charge is 0.274 e. The minimum absolute atomic E-state index is 0.186. The number of anilines is 1. The summed E-state index contributed by atoms with van der Waals surface area (Å²) < 4.78 is 5.60. The zero-order valence-electron chi connectivity index (χ0n) is 26.9. The maximum atomic E-state index is 14.6. The molecule has 2 N–H and O–H groups in total. The van der Waals surface area contributed by atoms with Crippen molar-refractivity contribution in [1.29, 1.82) is 0 Å². The largest absolute Gasteiger partial charge is 0.359 e. The number of carbonyl (C=O) groups excluding carboxylic acids is 1. The first-order chi connectivity index (χ1) is 23.3. The average Bonchev–Trinajstić information content (AvgIpc) is 3.58. The standard InChI is InChI=1S/C40H34Cl2N4O2/c1-22-9-7-13-27(19-22)32-23(2)10-8-18-46-37(26-14-16-28(41)17-15-26)30-20-29(42)21-31-34(30)35(38(32)46)36(43-31)40(47)44-39-33(24(3)48-45-39)25-11-5-4-6-12-25/h4-8,11-23,37,43H,9-10H2,1-3H3,(H,44,45,47). The SMILES string of the molecule is Cc1onc(NC(=O)c2[nH]c3cc(Cl)cc4c3c2C2=C(C3=CC(C)CC=C3)C(C)CC=CN2C4c2ccc(Cl)cc2)c1-c1ccccc1. The molecular formula is C40H34Cl2N4O2. The van der Waals surface area contributed by atoms with Gasteiger partial charge >= 0.3 is 0 Å². The molecule has 3 aromatic carbocycles. The predicted molar refractivity (Wildman–Crippen MR) is 194 cm³/mol. The average molecular weight is 674 g/mol. The summed E-state index contributed by atoms with van der Waals surface area (Å²) >= 11 is 13.2. The van der Waals surface area contributed by atoms with Crippen LogP contribution >= 0.6 is 23.2 Å². The molecule has 4 heterocycles. The third-order valence-electron chi connectivity index (χ3n) is 9.61. The molecule has 1 aliphatic carbocycles. The lowest BCUT2D eigenvalue weighted by molar-refractivity contribution is 0.102. The molecule has 8 heteroatoms. The van der Waals surface area contributed by atoms with Crippen molar-refractivity contribution >= 4 is 51.5 Å². The highest BCUT2D eigenvalue weighted by Gasteiger charge is 2.40. The first-order valence-electron chi connectivity index (χ1n) is 16.3. The van der Waals surface area contributed by atoms with Crippen LogP contribution in [0.2, 0.25) is 10.0 Å². The fourth-order valence-corrected chi connectivity index (χ4v) is 7.87. The fourth-order valence-electron chi connectivity index (χ4n) is 7.52. The summed E-state index contributed by atoms with van der Waals surface area (Å²) in [6, 6.07) is 21.6. The van der Waals surface area contributed by atoms with Gasteiger partial charge < -0.3 is 19.7 Å². The van der Waals surface area contributed by atoms with Crippen LogP contribution in [0.1, 0.15) is 65.7 Å². The number of hydrogen-bond acceptors (Lipinski definition) is 4. The van der Waals surface area contributed by atoms with Crippen molar-refractivity contribution in [3.63, 3.8) is 0 Å². The second kappa shape index (κ2) is 12.0. The maximum Gasteiger partial charge on any atom is 0.274 e. The Morgan fingerprint density at radius 1 is 0.979 bits per heavy atom. The van der Waals surface area contributed by atoms with Crippen molar-refractivity contribution in [3.8, 4) is 11.1 Å². The summed E-state index contributed by atoms with van der Waals surface area (Å²) in [5.74, 6) is 1.27. The van der Waals surface area contributed by atoms with Crippen LogP contribution in [0.5, 0.6) is 0 Å². The van der Waals surface area contributed by atoms with E-state index in [2.05, 4.69) is 76.8 Å². The quantitative estimate of drug-likeness (QED) is 0.195. The number of allylic oxidation sites excluding steroid dienone is 6. The molecular weight excluding hydrogens is 639 g/mol. The van der Waals surface area contributed by atoms with Gasteiger partial charge in [-0.3, -0.25) is 4.79 Å². The van der Waals surface area contributed by atoms with E-state index >= 15 is 0 Å². The molecule has 0 spiro atoms. The van der Waals surface area contributed by atoms with E-state index in [1.807, 2.05) is 61.5 Å². The minimum Gasteiger partial charge on any atom is -0.359 e. The van der Waals surface area contributed by atoms with Gasteiger partial charge in [0, 0.05) is 32.7 Å². The molecule has 5 aromatic rings. The molecule has 8 rings (SSSR count). The number of fused-ring (bicyclic) bond motifs is 2. The maximum absolute atomic E-state index is 14.6. The minimum atomic E-state index is -0.312. The third-order valence-corrected chi connectivity index (χ3v) is 10.1. The number of halogens is 2. The Kier molecular flexibility index (Phi) is 7.66. The molecule has 2 aromatic heterocycles. The van der Waals surface area contributed by atoms with Gasteiger partial charge in [-0.05, 0) is 83.7 Å². The number of aryl methyl sites for hydroxylation is 1. The Morgan fingerprint density at radius 2 is 1.77 bits per heavy atom. The van der Waals surface area contributed by atoms with Gasteiger partial charge in [0.25, 0.3) is 5.91 Å². The molecule has 3 unspecified atom stereocenters. The first kappa shape index (κ1) is 30.5. The van der Waals surface area contributed by atoms with Crippen LogP contribution in [0.25, 0.3) is 27.7 Å². The zero-order valence-corrected chi connectivity index (χ0v) is 28.4. The van der Waals surface area contributed by atoms with E-state index in [4.69, 9.17) is 27.7 Å². The van der Waals surface area contributed by atoms with E-state index in [1.165, 1.54) is 11.1 Å². The summed E-state index contributed by atoms with van der Waals surface area (Å²) in [4.78, 5) is 20.4. The van der Waals surface area contributed by atoms with Gasteiger partial charge in [-0.1, -0.05) is 109 Å². The number of nitrogens with one attached hydrogen (secondary N) is 2. The molecule has 0 bridgehead atoms. The number of aromatic amines is 1. The monoisotopic (exact) mass is 672 g/mol. The molecule has 48 heavy (non-hydrogen) atoms. The Labute approximate surface area is 289 Å². The topological polar surface area (TPSA) is 74.2 Å². The molecule has 0 saturated heterocycles. The molecule has 3 aliphatic rings. The third kappa shape index (κ3) is 5.11. The molecule has 6 nitrogen and oxygen atoms in total. The van der Waals surface area contributed by atoms with Crippen LogP contribution in [0.15, 0.2) is 113 Å². The number of rotatable bonds is 5. The molecule has 1 amide bonds. The fraction of sp³-hybridized carbons (Fsp3) is 0.200. The van der Waals surface area contributed by atoms with Crippen LogP contribution in [0.3, 0.4) is 0 Å². The van der Waals surface area contributed by atoms with Gasteiger partial charge in [0.2, 0.25) is 0 Å². The predicted octanol–water partition coefficient (Wildman–Crippen LogP) is 10.9. The molecule has 0 fully saturated rings. The Bertz CT molecular complexity index is 2200. The lowest BCUT2D eigenvalue weighted by Gasteiger charge is -2.39. The number of nitrogens with zero attached hydrogens (tertiary/aromatic N) is 2. The summed E-state index contributed by atoms with van der Waals surface area (Å²) in [5.41, 5.74) is 9.24. The highest BCUT2D eigenvalue weighted by atomic mass is 35.5. The molecule has 3 atom stereocenters. The van der Waals surface area contributed by atoms with Gasteiger partial charge in [-0.25, -0.2) is 0 Å². The number of H-pyrrole nitrogens is 1. The Hall–Kier alpha value is -4.78. The summed E-state index contributed by atoms with van der Waals surface area (Å²) in [6.45, 7) is 6.37. The highest BCUT2D eigenvalue weighted by Crippen LogP contribution is 2.52. The van der Waals surface area contributed by atoms with E-state index in [-0.39, 0.29) is 17.9 Å². The van der Waals surface area contributed by atoms with Crippen molar-refractivity contribution in [2.45, 2.75) is 39.7 Å². The van der Waals surface area contributed by atoms with Crippen LogP contribution < -0.4 is 5.32 Å². The summed E-state index contributed by atoms with van der Waals surface area (Å²) in [7, 11) is 0. The number of aromatic nitrogens is 2. The second-order valence-electron chi connectivity index (χ2n) is 13.0. The van der Waals surface area contributed by atoms with Gasteiger partial charge in [-0.2, -0.15) is 0 Å². The van der Waals surface area contributed by atoms with Crippen molar-refractivity contribution in [2.24, 2.45) is 11.8 Å². The number of amides is 1. The summed E-state index contributed by atoms with van der Waals surface area (Å²) in [5, 5.41) is 9.61. The van der Waals surface area contributed by atoms with Crippen LogP contribution in [-0.4, -0.2) is 20.9 Å². The van der Waals surface area contributed by atoms with Crippen LogP contribution in [0.4, 0.5) is 5.82 Å². The lowest BCUT2D eigenvalue weighted by atomic mass is 9.80. The highest BCUT2D eigenvalue weighted by molar-refractivity contribution is 6.32. The zero-order chi connectivity index (χ0) is 33.1. The Balaban J connectivity index is 1.40. The normalized spacial score (nSPS) is 20.1. The van der Waals surface area contributed by atoms with E-state index in [9.17, 15) is 4.79 Å². The van der Waals surface area contributed by atoms with Gasteiger partial charge in [0.05, 0.1) is 17.3 Å². The Morgan fingerprint density at radius 3 is 2.54 bits per heavy atom. The van der Waals surface area contributed by atoms with Gasteiger partial charge in [0.15, 0.2) is 5.82 Å². The van der Waals surface area contributed by atoms with Crippen molar-refractivity contribution < 1.29 is 9.32 Å². The molecule has 0 saturated carbocycles. The first-order valence-corrected chi connectivity index (χ1v) is 17.1. The van der Waals surface area contributed by atoms with E-state index in [1.54, 1.807) is 0 Å². The molecule has 240 valence electrons. The van der Waals surface area contributed by atoms with Crippen molar-refractivity contribution in [3.05, 3.63) is 147 Å². The van der Waals surface area contributed by atoms with E-state index in [0.29, 0.717) is 33.2 Å².